The summed E-state index contributed by atoms with van der Waals surface area (Å²) in [6.45, 7) is 1.77. The van der Waals surface area contributed by atoms with E-state index in [0.717, 1.165) is 6.07 Å². The Kier molecular flexibility index (Phi) is 6.39. The number of nitrogens with one attached hydrogen (secondary N) is 1. The third-order valence-electron chi connectivity index (χ3n) is 4.33. The zero-order valence-electron chi connectivity index (χ0n) is 15.4. The Bertz CT molecular complexity index is 955. The molecule has 0 atom stereocenters. The SMILES string of the molecule is O=C(NCCCS(=O)(=O)N1CCN(c2ncccn2)CC1)c1ccc([N+](=O)[O-])o1. The first-order valence-electron chi connectivity index (χ1n) is 8.89. The number of amides is 1. The number of nitrogens with zero attached hydrogens (tertiary/aromatic N) is 5. The lowest BCUT2D eigenvalue weighted by atomic mass is 10.4. The van der Waals surface area contributed by atoms with Crippen molar-refractivity contribution in [2.75, 3.05) is 43.4 Å². The molecule has 2 aromatic heterocycles. The van der Waals surface area contributed by atoms with Crippen LogP contribution < -0.4 is 10.2 Å². The van der Waals surface area contributed by atoms with Gasteiger partial charge in [0.1, 0.15) is 4.92 Å². The van der Waals surface area contributed by atoms with Crippen molar-refractivity contribution in [3.8, 4) is 0 Å². The summed E-state index contributed by atoms with van der Waals surface area (Å²) >= 11 is 0. The molecule has 0 aliphatic carbocycles. The van der Waals surface area contributed by atoms with Crippen LogP contribution in [0.3, 0.4) is 0 Å². The van der Waals surface area contributed by atoms with Gasteiger partial charge in [-0.05, 0) is 18.6 Å². The maximum Gasteiger partial charge on any atom is 0.433 e. The second-order valence-electron chi connectivity index (χ2n) is 6.26. The minimum Gasteiger partial charge on any atom is -0.395 e. The highest BCUT2D eigenvalue weighted by molar-refractivity contribution is 7.89. The van der Waals surface area contributed by atoms with Crippen LogP contribution in [-0.4, -0.2) is 72.0 Å². The lowest BCUT2D eigenvalue weighted by Gasteiger charge is -2.33. The molecule has 1 aliphatic heterocycles. The summed E-state index contributed by atoms with van der Waals surface area (Å²) < 4.78 is 31.2. The quantitative estimate of drug-likeness (QED) is 0.357. The van der Waals surface area contributed by atoms with Crippen molar-refractivity contribution < 1.29 is 22.6 Å². The van der Waals surface area contributed by atoms with Crippen molar-refractivity contribution in [1.82, 2.24) is 19.6 Å². The number of carbonyl (C=O) groups is 1. The monoisotopic (exact) mass is 424 g/mol. The zero-order chi connectivity index (χ0) is 20.9. The number of furan rings is 1. The van der Waals surface area contributed by atoms with Gasteiger partial charge in [0, 0.05) is 45.1 Å². The van der Waals surface area contributed by atoms with Gasteiger partial charge in [-0.2, -0.15) is 4.31 Å². The molecule has 1 N–H and O–H groups in total. The first-order chi connectivity index (χ1) is 13.9. The minimum atomic E-state index is -3.46. The van der Waals surface area contributed by atoms with Crippen LogP contribution in [0.1, 0.15) is 17.0 Å². The largest absolute Gasteiger partial charge is 0.433 e. The van der Waals surface area contributed by atoms with Crippen molar-refractivity contribution >= 4 is 27.8 Å². The summed E-state index contributed by atoms with van der Waals surface area (Å²) in [4.78, 5) is 31.9. The van der Waals surface area contributed by atoms with E-state index in [0.29, 0.717) is 32.1 Å². The highest BCUT2D eigenvalue weighted by Gasteiger charge is 2.27. The molecule has 0 unspecified atom stereocenters. The highest BCUT2D eigenvalue weighted by atomic mass is 32.2. The average molecular weight is 424 g/mol. The van der Waals surface area contributed by atoms with Gasteiger partial charge in [0.25, 0.3) is 5.91 Å². The smallest absolute Gasteiger partial charge is 0.395 e. The normalized spacial score (nSPS) is 15.2. The van der Waals surface area contributed by atoms with Crippen molar-refractivity contribution in [2.24, 2.45) is 0 Å². The lowest BCUT2D eigenvalue weighted by Crippen LogP contribution is -2.49. The van der Waals surface area contributed by atoms with Crippen LogP contribution >= 0.6 is 0 Å². The molecule has 0 spiro atoms. The summed E-state index contributed by atoms with van der Waals surface area (Å²) in [5, 5.41) is 13.0. The van der Waals surface area contributed by atoms with E-state index in [1.165, 1.54) is 10.4 Å². The predicted molar refractivity (Wildman–Crippen MR) is 102 cm³/mol. The number of aromatic nitrogens is 2. The van der Waals surface area contributed by atoms with Crippen LogP contribution in [0.2, 0.25) is 0 Å². The molecule has 3 rings (SSSR count). The van der Waals surface area contributed by atoms with Crippen molar-refractivity contribution in [3.63, 3.8) is 0 Å². The second-order valence-corrected chi connectivity index (χ2v) is 8.34. The fourth-order valence-corrected chi connectivity index (χ4v) is 4.33. The van der Waals surface area contributed by atoms with E-state index in [9.17, 15) is 23.3 Å². The molecule has 1 amide bonds. The van der Waals surface area contributed by atoms with Gasteiger partial charge >= 0.3 is 5.88 Å². The summed E-state index contributed by atoms with van der Waals surface area (Å²) in [5.41, 5.74) is 0. The Labute approximate surface area is 166 Å². The molecule has 3 heterocycles. The third kappa shape index (κ3) is 5.26. The van der Waals surface area contributed by atoms with Crippen molar-refractivity contribution in [3.05, 3.63) is 46.5 Å². The fourth-order valence-electron chi connectivity index (χ4n) is 2.84. The van der Waals surface area contributed by atoms with E-state index >= 15 is 0 Å². The van der Waals surface area contributed by atoms with Gasteiger partial charge in [-0.1, -0.05) is 0 Å². The van der Waals surface area contributed by atoms with Crippen molar-refractivity contribution in [2.45, 2.75) is 6.42 Å². The van der Waals surface area contributed by atoms with E-state index in [4.69, 9.17) is 4.42 Å². The summed E-state index contributed by atoms with van der Waals surface area (Å²) in [5.74, 6) is -0.901. The van der Waals surface area contributed by atoms with Gasteiger partial charge < -0.3 is 14.6 Å². The van der Waals surface area contributed by atoms with E-state index in [-0.39, 0.29) is 24.5 Å². The van der Waals surface area contributed by atoms with Crippen LogP contribution in [-0.2, 0) is 10.0 Å². The molecule has 0 aromatic carbocycles. The molecule has 29 heavy (non-hydrogen) atoms. The van der Waals surface area contributed by atoms with Gasteiger partial charge in [0.2, 0.25) is 16.0 Å². The van der Waals surface area contributed by atoms with Gasteiger partial charge in [0.05, 0.1) is 11.8 Å². The predicted octanol–water partition coefficient (Wildman–Crippen LogP) is 0.250. The van der Waals surface area contributed by atoms with Gasteiger partial charge in [0.15, 0.2) is 5.76 Å². The van der Waals surface area contributed by atoms with E-state index in [2.05, 4.69) is 15.3 Å². The van der Waals surface area contributed by atoms with Crippen LogP contribution in [0.25, 0.3) is 0 Å². The lowest BCUT2D eigenvalue weighted by molar-refractivity contribution is -0.402. The van der Waals surface area contributed by atoms with E-state index in [1.807, 2.05) is 4.90 Å². The Morgan fingerprint density at radius 1 is 1.21 bits per heavy atom. The molecular weight excluding hydrogens is 404 g/mol. The molecule has 1 fully saturated rings. The molecular formula is C16H20N6O6S. The van der Waals surface area contributed by atoms with Gasteiger partial charge in [-0.3, -0.25) is 14.9 Å². The van der Waals surface area contributed by atoms with E-state index < -0.39 is 26.7 Å². The minimum absolute atomic E-state index is 0.102. The Morgan fingerprint density at radius 2 is 1.90 bits per heavy atom. The summed E-state index contributed by atoms with van der Waals surface area (Å²) in [6.07, 6.45) is 3.49. The Balaban J connectivity index is 1.42. The highest BCUT2D eigenvalue weighted by Crippen LogP contribution is 2.16. The Hall–Kier alpha value is -3.06. The number of anilines is 1. The third-order valence-corrected chi connectivity index (χ3v) is 6.28. The van der Waals surface area contributed by atoms with Gasteiger partial charge in [-0.15, -0.1) is 0 Å². The number of hydrogen-bond acceptors (Lipinski definition) is 9. The molecule has 13 heteroatoms. The van der Waals surface area contributed by atoms with Crippen molar-refractivity contribution in [1.29, 1.82) is 0 Å². The van der Waals surface area contributed by atoms with Crippen LogP contribution in [0, 0.1) is 10.1 Å². The number of rotatable bonds is 8. The van der Waals surface area contributed by atoms with Crippen LogP contribution in [0.4, 0.5) is 11.8 Å². The first kappa shape index (κ1) is 20.7. The number of piperazine rings is 1. The van der Waals surface area contributed by atoms with E-state index in [1.54, 1.807) is 18.5 Å². The topological polar surface area (TPSA) is 152 Å². The molecule has 2 aromatic rings. The Morgan fingerprint density at radius 3 is 2.52 bits per heavy atom. The summed E-state index contributed by atoms with van der Waals surface area (Å²) in [7, 11) is -3.46. The molecule has 0 saturated carbocycles. The van der Waals surface area contributed by atoms with Gasteiger partial charge in [-0.25, -0.2) is 18.4 Å². The first-order valence-corrected chi connectivity index (χ1v) is 10.5. The zero-order valence-corrected chi connectivity index (χ0v) is 16.2. The molecule has 1 aliphatic rings. The summed E-state index contributed by atoms with van der Waals surface area (Å²) in [6, 6.07) is 4.00. The molecule has 1 saturated heterocycles. The fraction of sp³-hybridized carbons (Fsp3) is 0.438. The maximum atomic E-state index is 12.5. The molecule has 156 valence electrons. The molecule has 0 radical (unpaired) electrons. The number of carbonyl (C=O) groups excluding carboxylic acids is 1. The second kappa shape index (κ2) is 8.96. The number of hydrogen-bond donors (Lipinski definition) is 1. The molecule has 12 nitrogen and oxygen atoms in total. The van der Waals surface area contributed by atoms with Crippen LogP contribution in [0.5, 0.6) is 0 Å². The number of sulfonamides is 1. The standard InChI is InChI=1S/C16H20N6O6S/c23-15(13-3-4-14(28-13)22(24)25)17-7-2-12-29(26,27)21-10-8-20(9-11-21)16-18-5-1-6-19-16/h1,3-6H,2,7-12H2,(H,17,23). The maximum absolute atomic E-state index is 12.5. The molecule has 0 bridgehead atoms. The number of nitro groups is 1. The average Bonchev–Trinajstić information content (AvgIpc) is 3.23. The van der Waals surface area contributed by atoms with Crippen LogP contribution in [0.15, 0.2) is 35.0 Å².